The monoisotopic (exact) mass is 793 g/mol. The van der Waals surface area contributed by atoms with Gasteiger partial charge in [-0.3, -0.25) is 14.4 Å². The number of ether oxygens (including phenoxy) is 3. The molecule has 0 amide bonds. The highest BCUT2D eigenvalue weighted by Crippen LogP contribution is 2.17. The van der Waals surface area contributed by atoms with Gasteiger partial charge >= 0.3 is 17.9 Å². The zero-order chi connectivity index (χ0) is 41.0. The standard InChI is InChI=1S/C50H96O6/c1-5-8-10-12-13-14-23-28-31-35-39-43-50(53)56-47(44-54-48(51)41-37-32-11-9-6-2)45-55-49(52)42-38-34-30-27-25-22-20-18-16-15-17-19-21-24-26-29-33-36-40-46(4)7-3/h46-47H,5-45H2,1-4H3/t46?,47-/m1/s1. The molecular weight excluding hydrogens is 697 g/mol. The number of hydrogen-bond acceptors (Lipinski definition) is 6. The lowest BCUT2D eigenvalue weighted by Gasteiger charge is -2.18. The molecule has 0 saturated carbocycles. The predicted molar refractivity (Wildman–Crippen MR) is 238 cm³/mol. The molecule has 0 rings (SSSR count). The molecule has 0 N–H and O–H groups in total. The molecule has 2 atom stereocenters. The van der Waals surface area contributed by atoms with Gasteiger partial charge in [-0.25, -0.2) is 0 Å². The molecule has 0 bridgehead atoms. The first kappa shape index (κ1) is 54.4. The highest BCUT2D eigenvalue weighted by Gasteiger charge is 2.19. The summed E-state index contributed by atoms with van der Waals surface area (Å²) in [6, 6.07) is 0. The summed E-state index contributed by atoms with van der Waals surface area (Å²) in [5, 5.41) is 0. The maximum absolute atomic E-state index is 12.7. The summed E-state index contributed by atoms with van der Waals surface area (Å²) < 4.78 is 16.6. The molecule has 0 spiro atoms. The average Bonchev–Trinajstić information content (AvgIpc) is 3.19. The van der Waals surface area contributed by atoms with Crippen LogP contribution in [0.1, 0.15) is 278 Å². The number of rotatable bonds is 45. The van der Waals surface area contributed by atoms with Crippen molar-refractivity contribution in [2.75, 3.05) is 13.2 Å². The van der Waals surface area contributed by atoms with Crippen molar-refractivity contribution in [2.24, 2.45) is 5.92 Å². The molecule has 6 nitrogen and oxygen atoms in total. The zero-order valence-corrected chi connectivity index (χ0v) is 38.1. The molecule has 332 valence electrons. The van der Waals surface area contributed by atoms with Gasteiger partial charge in [0.15, 0.2) is 6.10 Å². The van der Waals surface area contributed by atoms with Gasteiger partial charge in [0.2, 0.25) is 0 Å². The summed E-state index contributed by atoms with van der Waals surface area (Å²) in [6.07, 6.45) is 45.5. The fourth-order valence-corrected chi connectivity index (χ4v) is 7.48. The third-order valence-corrected chi connectivity index (χ3v) is 11.7. The maximum atomic E-state index is 12.7. The summed E-state index contributed by atoms with van der Waals surface area (Å²) in [5.41, 5.74) is 0. The second-order valence-corrected chi connectivity index (χ2v) is 17.3. The fourth-order valence-electron chi connectivity index (χ4n) is 7.48. The number of unbranched alkanes of at least 4 members (excludes halogenated alkanes) is 31. The Bertz CT molecular complexity index is 843. The quantitative estimate of drug-likeness (QED) is 0.0347. The van der Waals surface area contributed by atoms with E-state index in [1.54, 1.807) is 0 Å². The van der Waals surface area contributed by atoms with E-state index in [1.165, 1.54) is 167 Å². The van der Waals surface area contributed by atoms with E-state index in [0.29, 0.717) is 19.3 Å². The smallest absolute Gasteiger partial charge is 0.306 e. The van der Waals surface area contributed by atoms with Crippen molar-refractivity contribution >= 4 is 17.9 Å². The van der Waals surface area contributed by atoms with Gasteiger partial charge in [0.05, 0.1) is 0 Å². The third-order valence-electron chi connectivity index (χ3n) is 11.7. The van der Waals surface area contributed by atoms with Gasteiger partial charge in [-0.2, -0.15) is 0 Å². The number of carbonyl (C=O) groups is 3. The van der Waals surface area contributed by atoms with Gasteiger partial charge in [0.25, 0.3) is 0 Å². The van der Waals surface area contributed by atoms with Crippen LogP contribution < -0.4 is 0 Å². The Morgan fingerprint density at radius 2 is 0.625 bits per heavy atom. The molecule has 0 aromatic rings. The zero-order valence-electron chi connectivity index (χ0n) is 38.1. The van der Waals surface area contributed by atoms with E-state index in [2.05, 4.69) is 27.7 Å². The average molecular weight is 793 g/mol. The van der Waals surface area contributed by atoms with E-state index in [1.807, 2.05) is 0 Å². The lowest BCUT2D eigenvalue weighted by atomic mass is 9.99. The molecule has 0 aliphatic heterocycles. The highest BCUT2D eigenvalue weighted by atomic mass is 16.6. The lowest BCUT2D eigenvalue weighted by Crippen LogP contribution is -2.30. The minimum Gasteiger partial charge on any atom is -0.462 e. The molecule has 0 aliphatic rings. The highest BCUT2D eigenvalue weighted by molar-refractivity contribution is 5.71. The first-order chi connectivity index (χ1) is 27.4. The summed E-state index contributed by atoms with van der Waals surface area (Å²) in [4.78, 5) is 37.5. The minimum absolute atomic E-state index is 0.0641. The molecule has 0 aliphatic carbocycles. The Labute approximate surface area is 348 Å². The van der Waals surface area contributed by atoms with Crippen molar-refractivity contribution in [3.63, 3.8) is 0 Å². The summed E-state index contributed by atoms with van der Waals surface area (Å²) in [7, 11) is 0. The van der Waals surface area contributed by atoms with Crippen LogP contribution >= 0.6 is 0 Å². The lowest BCUT2D eigenvalue weighted by molar-refractivity contribution is -0.167. The first-order valence-corrected chi connectivity index (χ1v) is 24.9. The molecule has 0 radical (unpaired) electrons. The number of hydrogen-bond donors (Lipinski definition) is 0. The van der Waals surface area contributed by atoms with E-state index in [0.717, 1.165) is 70.1 Å². The van der Waals surface area contributed by atoms with E-state index < -0.39 is 6.10 Å². The fraction of sp³-hybridized carbons (Fsp3) is 0.940. The van der Waals surface area contributed by atoms with Crippen LogP contribution in [0.3, 0.4) is 0 Å². The van der Waals surface area contributed by atoms with E-state index in [-0.39, 0.29) is 31.1 Å². The topological polar surface area (TPSA) is 78.9 Å². The Morgan fingerprint density at radius 1 is 0.357 bits per heavy atom. The normalized spacial score (nSPS) is 12.4. The molecule has 6 heteroatoms. The van der Waals surface area contributed by atoms with E-state index >= 15 is 0 Å². The van der Waals surface area contributed by atoms with Crippen LogP contribution in [0.5, 0.6) is 0 Å². The van der Waals surface area contributed by atoms with Crippen LogP contribution in [-0.4, -0.2) is 37.2 Å². The van der Waals surface area contributed by atoms with Gasteiger partial charge < -0.3 is 14.2 Å². The van der Waals surface area contributed by atoms with Crippen molar-refractivity contribution in [2.45, 2.75) is 284 Å². The van der Waals surface area contributed by atoms with Gasteiger partial charge in [0, 0.05) is 19.3 Å². The molecule has 0 saturated heterocycles. The van der Waals surface area contributed by atoms with Crippen molar-refractivity contribution in [1.29, 1.82) is 0 Å². The van der Waals surface area contributed by atoms with Crippen molar-refractivity contribution in [3.05, 3.63) is 0 Å². The predicted octanol–water partition coefficient (Wildman–Crippen LogP) is 15.9. The van der Waals surface area contributed by atoms with Crippen LogP contribution in [0.2, 0.25) is 0 Å². The Balaban J connectivity index is 4.03. The largest absolute Gasteiger partial charge is 0.462 e. The van der Waals surface area contributed by atoms with E-state index in [9.17, 15) is 14.4 Å². The first-order valence-electron chi connectivity index (χ1n) is 24.9. The molecule has 0 aromatic heterocycles. The van der Waals surface area contributed by atoms with Crippen molar-refractivity contribution in [3.8, 4) is 0 Å². The van der Waals surface area contributed by atoms with Gasteiger partial charge in [-0.15, -0.1) is 0 Å². The Hall–Kier alpha value is -1.59. The number of esters is 3. The number of carbonyl (C=O) groups excluding carboxylic acids is 3. The van der Waals surface area contributed by atoms with Gasteiger partial charge in [-0.1, -0.05) is 240 Å². The maximum Gasteiger partial charge on any atom is 0.306 e. The second kappa shape index (κ2) is 44.5. The van der Waals surface area contributed by atoms with Crippen LogP contribution in [0.15, 0.2) is 0 Å². The summed E-state index contributed by atoms with van der Waals surface area (Å²) in [5.74, 6) is 0.0460. The van der Waals surface area contributed by atoms with Crippen LogP contribution in [0.25, 0.3) is 0 Å². The minimum atomic E-state index is -0.757. The Kier molecular flexibility index (Phi) is 43.2. The van der Waals surface area contributed by atoms with E-state index in [4.69, 9.17) is 14.2 Å². The Morgan fingerprint density at radius 3 is 0.929 bits per heavy atom. The SMILES string of the molecule is CCCCCCCCCCCCCC(=O)O[C@H](COC(=O)CCCCCCC)COC(=O)CCCCCCCCCCCCCCCCCCCCC(C)CC. The van der Waals surface area contributed by atoms with Crippen LogP contribution in [-0.2, 0) is 28.6 Å². The van der Waals surface area contributed by atoms with Crippen LogP contribution in [0.4, 0.5) is 0 Å². The van der Waals surface area contributed by atoms with Crippen molar-refractivity contribution < 1.29 is 28.6 Å². The summed E-state index contributed by atoms with van der Waals surface area (Å²) >= 11 is 0. The van der Waals surface area contributed by atoms with Gasteiger partial charge in [-0.05, 0) is 25.2 Å². The second-order valence-electron chi connectivity index (χ2n) is 17.3. The molecule has 0 aromatic carbocycles. The molecule has 0 fully saturated rings. The molecule has 1 unspecified atom stereocenters. The van der Waals surface area contributed by atoms with Crippen LogP contribution in [0, 0.1) is 5.92 Å². The molecular formula is C50H96O6. The summed E-state index contributed by atoms with van der Waals surface area (Å²) in [6.45, 7) is 8.98. The molecule has 56 heavy (non-hydrogen) atoms. The third kappa shape index (κ3) is 42.0. The molecule has 0 heterocycles. The van der Waals surface area contributed by atoms with Crippen molar-refractivity contribution in [1.82, 2.24) is 0 Å². The van der Waals surface area contributed by atoms with Gasteiger partial charge in [0.1, 0.15) is 13.2 Å².